The van der Waals surface area contributed by atoms with Gasteiger partial charge >= 0.3 is 0 Å². The van der Waals surface area contributed by atoms with Crippen molar-refractivity contribution < 1.29 is 0 Å². The Kier molecular flexibility index (Phi) is 7.38. The molecular weight excluding hydrogens is 497 g/mol. The van der Waals surface area contributed by atoms with Crippen LogP contribution in [-0.4, -0.2) is 8.07 Å². The van der Waals surface area contributed by atoms with E-state index in [0.29, 0.717) is 0 Å². The van der Waals surface area contributed by atoms with E-state index in [0.717, 1.165) is 27.8 Å². The molecular formula is C39H42Si. The van der Waals surface area contributed by atoms with E-state index in [2.05, 4.69) is 96.8 Å². The van der Waals surface area contributed by atoms with E-state index in [1.807, 2.05) is 11.3 Å². The number of hydrogen-bond donors (Lipinski definition) is 0. The first-order valence-corrected chi connectivity index (χ1v) is 18.3. The van der Waals surface area contributed by atoms with Crippen molar-refractivity contribution in [1.29, 1.82) is 0 Å². The molecule has 1 aliphatic heterocycles. The summed E-state index contributed by atoms with van der Waals surface area (Å²) in [6, 6.07) is 33.9. The summed E-state index contributed by atoms with van der Waals surface area (Å²) in [7, 11) is -1.69. The fourth-order valence-electron chi connectivity index (χ4n) is 9.01. The third-order valence-electron chi connectivity index (χ3n) is 10.7. The Morgan fingerprint density at radius 3 is 1.85 bits per heavy atom. The lowest BCUT2D eigenvalue weighted by Crippen LogP contribution is -2.70. The summed E-state index contributed by atoms with van der Waals surface area (Å²) in [5, 5.41) is 5.02. The lowest BCUT2D eigenvalue weighted by Gasteiger charge is -2.60. The first-order valence-electron chi connectivity index (χ1n) is 16.0. The predicted octanol–water partition coefficient (Wildman–Crippen LogP) is 9.83. The summed E-state index contributed by atoms with van der Waals surface area (Å²) >= 11 is 0. The van der Waals surface area contributed by atoms with Crippen LogP contribution in [0, 0.1) is 11.8 Å². The zero-order chi connectivity index (χ0) is 26.8. The Hall–Kier alpha value is -3.08. The van der Waals surface area contributed by atoms with Gasteiger partial charge in [0.05, 0.1) is 0 Å². The third-order valence-corrected chi connectivity index (χ3v) is 17.7. The highest BCUT2D eigenvalue weighted by atomic mass is 28.3. The highest BCUT2D eigenvalue weighted by molar-refractivity contribution is 7.00. The molecule has 2 fully saturated rings. The number of benzene rings is 4. The molecule has 0 bridgehead atoms. The van der Waals surface area contributed by atoms with E-state index in [1.165, 1.54) is 88.0 Å². The fourth-order valence-corrected chi connectivity index (χ4v) is 17.3. The summed E-state index contributed by atoms with van der Waals surface area (Å²) in [5.74, 6) is 6.67. The van der Waals surface area contributed by atoms with Gasteiger partial charge in [-0.05, 0) is 80.8 Å². The van der Waals surface area contributed by atoms with Gasteiger partial charge in [-0.3, -0.25) is 0 Å². The summed E-state index contributed by atoms with van der Waals surface area (Å²) < 4.78 is 0. The van der Waals surface area contributed by atoms with E-state index >= 15 is 0 Å². The summed E-state index contributed by atoms with van der Waals surface area (Å²) in [6.07, 6.45) is 17.3. The summed E-state index contributed by atoms with van der Waals surface area (Å²) in [6.45, 7) is 0. The number of hydrogen-bond acceptors (Lipinski definition) is 0. The van der Waals surface area contributed by atoms with Crippen LogP contribution in [0.3, 0.4) is 0 Å². The second-order valence-corrected chi connectivity index (χ2v) is 17.5. The van der Waals surface area contributed by atoms with Crippen molar-refractivity contribution in [3.05, 3.63) is 113 Å². The predicted molar refractivity (Wildman–Crippen MR) is 173 cm³/mol. The monoisotopic (exact) mass is 538 g/mol. The van der Waals surface area contributed by atoms with Gasteiger partial charge in [0.2, 0.25) is 0 Å². The molecule has 3 aliphatic rings. The van der Waals surface area contributed by atoms with Gasteiger partial charge in [-0.2, -0.15) is 0 Å². The Morgan fingerprint density at radius 1 is 0.575 bits per heavy atom. The lowest BCUT2D eigenvalue weighted by atomic mass is 9.96. The van der Waals surface area contributed by atoms with Crippen LogP contribution in [0.15, 0.2) is 91.0 Å². The molecule has 1 heteroatoms. The lowest BCUT2D eigenvalue weighted by molar-refractivity contribution is 0.441. The van der Waals surface area contributed by atoms with E-state index < -0.39 is 8.07 Å². The van der Waals surface area contributed by atoms with E-state index in [4.69, 9.17) is 0 Å². The molecule has 1 unspecified atom stereocenters. The van der Waals surface area contributed by atoms with Crippen molar-refractivity contribution in [2.75, 3.05) is 0 Å². The molecule has 0 N–H and O–H groups in total. The van der Waals surface area contributed by atoms with Crippen LogP contribution >= 0.6 is 0 Å². The molecule has 0 spiro atoms. The Labute approximate surface area is 242 Å². The second-order valence-electron chi connectivity index (χ2n) is 12.8. The summed E-state index contributed by atoms with van der Waals surface area (Å²) in [5.41, 5.74) is 8.22. The average Bonchev–Trinajstić information content (AvgIpc) is 3.02. The maximum Gasteiger partial charge on any atom is 0.101 e. The van der Waals surface area contributed by atoms with Crippen LogP contribution in [0.1, 0.15) is 98.4 Å². The van der Waals surface area contributed by atoms with Gasteiger partial charge in [-0.15, -0.1) is 0 Å². The Balaban J connectivity index is 1.21. The van der Waals surface area contributed by atoms with E-state index in [9.17, 15) is 0 Å². The standard InChI is InChI=1S/C39H42Si/c1-4-12-30(13-5-1)20-21-31-22-24-32(25-23-31)26-29-38-37-28-27-33-14-10-11-19-36(33)39(37)40(38,34-15-6-2-7-16-34)35-17-8-3-9-18-35/h1,4-5,10-14,19,22-25,27-28,34-35,38H,2-3,6-9,15-18,26,29H2. The maximum atomic E-state index is 3.36. The molecule has 2 aliphatic carbocycles. The van der Waals surface area contributed by atoms with Crippen molar-refractivity contribution >= 4 is 24.0 Å². The van der Waals surface area contributed by atoms with Crippen molar-refractivity contribution in [1.82, 2.24) is 0 Å². The largest absolute Gasteiger partial charge is 0.101 e. The first-order chi connectivity index (χ1) is 19.8. The zero-order valence-electron chi connectivity index (χ0n) is 23.9. The SMILES string of the molecule is C(#Cc1ccc(CCC2c3ccc4ccccc4c3[Si]2(C2CCCCC2)C2CCCCC2)cc1)c1ccccc1. The van der Waals surface area contributed by atoms with Gasteiger partial charge in [0.1, 0.15) is 8.07 Å². The highest BCUT2D eigenvalue weighted by Gasteiger charge is 2.61. The van der Waals surface area contributed by atoms with Crippen molar-refractivity contribution in [2.45, 2.75) is 93.7 Å². The number of rotatable bonds is 5. The minimum Gasteiger partial charge on any atom is -0.0622 e. The fraction of sp³-hybridized carbons (Fsp3) is 0.385. The van der Waals surface area contributed by atoms with Gasteiger partial charge in [0.15, 0.2) is 0 Å². The second kappa shape index (κ2) is 11.4. The summed E-state index contributed by atoms with van der Waals surface area (Å²) in [4.78, 5) is 0. The highest BCUT2D eigenvalue weighted by Crippen LogP contribution is 2.60. The van der Waals surface area contributed by atoms with Crippen LogP contribution in [-0.2, 0) is 6.42 Å². The van der Waals surface area contributed by atoms with Gasteiger partial charge in [-0.1, -0.05) is 143 Å². The molecule has 0 amide bonds. The van der Waals surface area contributed by atoms with Crippen LogP contribution in [0.4, 0.5) is 0 Å². The molecule has 0 saturated heterocycles. The molecule has 4 aromatic carbocycles. The maximum absolute atomic E-state index is 3.36. The van der Waals surface area contributed by atoms with Crippen LogP contribution in [0.2, 0.25) is 11.1 Å². The molecule has 7 rings (SSSR count). The number of aryl methyl sites for hydroxylation is 1. The molecule has 202 valence electrons. The van der Waals surface area contributed by atoms with Gasteiger partial charge in [0, 0.05) is 11.1 Å². The zero-order valence-corrected chi connectivity index (χ0v) is 24.9. The van der Waals surface area contributed by atoms with Gasteiger partial charge in [0.25, 0.3) is 0 Å². The van der Waals surface area contributed by atoms with Crippen LogP contribution < -0.4 is 5.19 Å². The molecule has 0 radical (unpaired) electrons. The van der Waals surface area contributed by atoms with E-state index in [1.54, 1.807) is 10.9 Å². The minimum absolute atomic E-state index is 0.829. The molecule has 1 atom stereocenters. The third kappa shape index (κ3) is 4.65. The molecule has 40 heavy (non-hydrogen) atoms. The van der Waals surface area contributed by atoms with Crippen molar-refractivity contribution in [3.63, 3.8) is 0 Å². The molecule has 1 heterocycles. The molecule has 0 aromatic heterocycles. The van der Waals surface area contributed by atoms with E-state index in [-0.39, 0.29) is 0 Å². The molecule has 2 saturated carbocycles. The normalized spacial score (nSPS) is 20.8. The van der Waals surface area contributed by atoms with Gasteiger partial charge in [-0.25, -0.2) is 0 Å². The van der Waals surface area contributed by atoms with Crippen molar-refractivity contribution in [2.24, 2.45) is 0 Å². The quantitative estimate of drug-likeness (QED) is 0.175. The molecule has 4 aromatic rings. The Bertz CT molecular complexity index is 1490. The smallest absolute Gasteiger partial charge is 0.0622 e. The topological polar surface area (TPSA) is 0 Å². The van der Waals surface area contributed by atoms with Crippen molar-refractivity contribution in [3.8, 4) is 11.8 Å². The van der Waals surface area contributed by atoms with Crippen LogP contribution in [0.25, 0.3) is 10.8 Å². The van der Waals surface area contributed by atoms with Crippen LogP contribution in [0.5, 0.6) is 0 Å². The first kappa shape index (κ1) is 25.9. The number of fused-ring (bicyclic) bond motifs is 3. The van der Waals surface area contributed by atoms with Gasteiger partial charge < -0.3 is 0 Å². The molecule has 0 nitrogen and oxygen atoms in total. The minimum atomic E-state index is -1.69. The Morgan fingerprint density at radius 2 is 1.18 bits per heavy atom. The average molecular weight is 539 g/mol.